The molecule has 0 aliphatic rings. The maximum absolute atomic E-state index is 13.2. The van der Waals surface area contributed by atoms with Gasteiger partial charge in [-0.1, -0.05) is 11.3 Å². The molecular formula is C11H12FN3S. The third-order valence-corrected chi connectivity index (χ3v) is 3.29. The maximum Gasteiger partial charge on any atom is 0.147 e. The molecule has 0 saturated carbocycles. The molecule has 1 aromatic carbocycles. The Bertz CT molecular complexity index is 487. The van der Waals surface area contributed by atoms with E-state index in [-0.39, 0.29) is 11.9 Å². The number of rotatable bonds is 2. The minimum absolute atomic E-state index is 0.138. The number of halogens is 1. The van der Waals surface area contributed by atoms with E-state index in [0.717, 1.165) is 16.1 Å². The lowest BCUT2D eigenvalue weighted by Crippen LogP contribution is -2.03. The normalized spacial score (nSPS) is 12.8. The topological polar surface area (TPSA) is 51.8 Å². The fourth-order valence-corrected chi connectivity index (χ4v) is 2.18. The third kappa shape index (κ3) is 2.25. The summed E-state index contributed by atoms with van der Waals surface area (Å²) in [4.78, 5) is 0. The molecule has 1 atom stereocenters. The lowest BCUT2D eigenvalue weighted by Gasteiger charge is -1.98. The quantitative estimate of drug-likeness (QED) is 0.873. The van der Waals surface area contributed by atoms with Gasteiger partial charge in [0, 0.05) is 5.56 Å². The van der Waals surface area contributed by atoms with Gasteiger partial charge >= 0.3 is 0 Å². The summed E-state index contributed by atoms with van der Waals surface area (Å²) in [6.45, 7) is 3.70. The van der Waals surface area contributed by atoms with Gasteiger partial charge in [0.25, 0.3) is 0 Å². The molecule has 0 amide bonds. The Morgan fingerprint density at radius 2 is 2.06 bits per heavy atom. The molecule has 2 N–H and O–H groups in total. The summed E-state index contributed by atoms with van der Waals surface area (Å²) in [5.74, 6) is -0.257. The molecule has 0 aliphatic heterocycles. The van der Waals surface area contributed by atoms with Crippen LogP contribution in [0.3, 0.4) is 0 Å². The molecule has 16 heavy (non-hydrogen) atoms. The number of hydrogen-bond donors (Lipinski definition) is 1. The molecule has 1 unspecified atom stereocenters. The molecule has 0 spiro atoms. The molecule has 5 heteroatoms. The summed E-state index contributed by atoms with van der Waals surface area (Å²) in [6.07, 6.45) is 0. The number of hydrogen-bond acceptors (Lipinski definition) is 4. The van der Waals surface area contributed by atoms with E-state index in [2.05, 4.69) is 10.2 Å². The van der Waals surface area contributed by atoms with Crippen molar-refractivity contribution < 1.29 is 4.39 Å². The standard InChI is InChI=1S/C11H12FN3S/c1-6-3-8(5-9(12)4-6)11-15-14-10(16-11)7(2)13/h3-5,7H,13H2,1-2H3. The highest BCUT2D eigenvalue weighted by Gasteiger charge is 2.10. The number of nitrogens with zero attached hydrogens (tertiary/aromatic N) is 2. The van der Waals surface area contributed by atoms with Gasteiger partial charge < -0.3 is 5.73 Å². The van der Waals surface area contributed by atoms with Crippen LogP contribution in [0, 0.1) is 12.7 Å². The summed E-state index contributed by atoms with van der Waals surface area (Å²) in [7, 11) is 0. The van der Waals surface area contributed by atoms with Crippen LogP contribution in [0.2, 0.25) is 0 Å². The molecule has 2 aromatic rings. The number of benzene rings is 1. The first-order valence-electron chi connectivity index (χ1n) is 4.93. The van der Waals surface area contributed by atoms with Crippen molar-refractivity contribution in [3.63, 3.8) is 0 Å². The predicted molar refractivity (Wildman–Crippen MR) is 62.6 cm³/mol. The lowest BCUT2D eigenvalue weighted by molar-refractivity contribution is 0.627. The van der Waals surface area contributed by atoms with Crippen LogP contribution in [0.5, 0.6) is 0 Å². The molecule has 1 aromatic heterocycles. The average Bonchev–Trinajstić information content (AvgIpc) is 2.64. The van der Waals surface area contributed by atoms with E-state index in [9.17, 15) is 4.39 Å². The second kappa shape index (κ2) is 4.27. The molecule has 84 valence electrons. The second-order valence-corrected chi connectivity index (χ2v) is 4.76. The second-order valence-electron chi connectivity index (χ2n) is 3.75. The fraction of sp³-hybridized carbons (Fsp3) is 0.273. The zero-order valence-electron chi connectivity index (χ0n) is 9.07. The number of nitrogens with two attached hydrogens (primary N) is 1. The molecule has 1 heterocycles. The van der Waals surface area contributed by atoms with Crippen molar-refractivity contribution in [1.82, 2.24) is 10.2 Å². The van der Waals surface area contributed by atoms with E-state index in [4.69, 9.17) is 5.73 Å². The number of aryl methyl sites for hydroxylation is 1. The van der Waals surface area contributed by atoms with Gasteiger partial charge in [-0.3, -0.25) is 0 Å². The van der Waals surface area contributed by atoms with Crippen molar-refractivity contribution in [3.05, 3.63) is 34.6 Å². The summed E-state index contributed by atoms with van der Waals surface area (Å²) < 4.78 is 13.2. The summed E-state index contributed by atoms with van der Waals surface area (Å²) >= 11 is 1.40. The first-order valence-corrected chi connectivity index (χ1v) is 5.74. The van der Waals surface area contributed by atoms with Gasteiger partial charge in [-0.15, -0.1) is 10.2 Å². The van der Waals surface area contributed by atoms with Gasteiger partial charge in [0.15, 0.2) is 0 Å². The van der Waals surface area contributed by atoms with Gasteiger partial charge in [-0.25, -0.2) is 4.39 Å². The Kier molecular flexibility index (Phi) is 2.98. The summed E-state index contributed by atoms with van der Waals surface area (Å²) in [5, 5.41) is 9.45. The van der Waals surface area contributed by atoms with Crippen molar-refractivity contribution in [1.29, 1.82) is 0 Å². The largest absolute Gasteiger partial charge is 0.322 e. The van der Waals surface area contributed by atoms with E-state index in [1.54, 1.807) is 0 Å². The molecule has 2 rings (SSSR count). The first-order chi connectivity index (χ1) is 7.56. The van der Waals surface area contributed by atoms with Gasteiger partial charge in [0.05, 0.1) is 6.04 Å². The fourth-order valence-electron chi connectivity index (χ4n) is 1.40. The Morgan fingerprint density at radius 1 is 1.31 bits per heavy atom. The minimum Gasteiger partial charge on any atom is -0.322 e. The van der Waals surface area contributed by atoms with Crippen LogP contribution in [-0.2, 0) is 0 Å². The highest BCUT2D eigenvalue weighted by molar-refractivity contribution is 7.14. The molecular weight excluding hydrogens is 225 g/mol. The molecule has 0 saturated heterocycles. The van der Waals surface area contributed by atoms with E-state index >= 15 is 0 Å². The van der Waals surface area contributed by atoms with Crippen molar-refractivity contribution in [2.45, 2.75) is 19.9 Å². The zero-order valence-corrected chi connectivity index (χ0v) is 9.88. The predicted octanol–water partition coefficient (Wildman–Crippen LogP) is 2.67. The Morgan fingerprint density at radius 3 is 2.62 bits per heavy atom. The molecule has 0 radical (unpaired) electrons. The highest BCUT2D eigenvalue weighted by Crippen LogP contribution is 2.27. The maximum atomic E-state index is 13.2. The van der Waals surface area contributed by atoms with Gasteiger partial charge in [-0.2, -0.15) is 0 Å². The van der Waals surface area contributed by atoms with E-state index < -0.39 is 0 Å². The van der Waals surface area contributed by atoms with Gasteiger partial charge in [0.2, 0.25) is 0 Å². The Hall–Kier alpha value is -1.33. The molecule has 0 bridgehead atoms. The van der Waals surface area contributed by atoms with Crippen molar-refractivity contribution >= 4 is 11.3 Å². The number of aromatic nitrogens is 2. The van der Waals surface area contributed by atoms with E-state index in [1.807, 2.05) is 19.9 Å². The SMILES string of the molecule is Cc1cc(F)cc(-c2nnc(C(C)N)s2)c1. The van der Waals surface area contributed by atoms with Crippen LogP contribution in [0.4, 0.5) is 4.39 Å². The lowest BCUT2D eigenvalue weighted by atomic mass is 10.1. The van der Waals surface area contributed by atoms with Crippen LogP contribution in [-0.4, -0.2) is 10.2 Å². The summed E-state index contributed by atoms with van der Waals surface area (Å²) in [6, 6.07) is 4.69. The van der Waals surface area contributed by atoms with E-state index in [1.165, 1.54) is 23.5 Å². The third-order valence-electron chi connectivity index (χ3n) is 2.12. The molecule has 0 aliphatic carbocycles. The highest BCUT2D eigenvalue weighted by atomic mass is 32.1. The first kappa shape index (κ1) is 11.2. The van der Waals surface area contributed by atoms with Crippen LogP contribution < -0.4 is 5.73 Å². The Balaban J connectivity index is 2.42. The van der Waals surface area contributed by atoms with Gasteiger partial charge in [-0.05, 0) is 37.6 Å². The summed E-state index contributed by atoms with van der Waals surface area (Å²) in [5.41, 5.74) is 7.32. The van der Waals surface area contributed by atoms with Crippen LogP contribution in [0.15, 0.2) is 18.2 Å². The smallest absolute Gasteiger partial charge is 0.147 e. The zero-order chi connectivity index (χ0) is 11.7. The van der Waals surface area contributed by atoms with Crippen LogP contribution in [0.1, 0.15) is 23.5 Å². The van der Waals surface area contributed by atoms with Crippen LogP contribution in [0.25, 0.3) is 10.6 Å². The Labute approximate surface area is 97.1 Å². The minimum atomic E-state index is -0.257. The monoisotopic (exact) mass is 237 g/mol. The van der Waals surface area contributed by atoms with Crippen molar-refractivity contribution in [3.8, 4) is 10.6 Å². The van der Waals surface area contributed by atoms with E-state index in [0.29, 0.717) is 5.01 Å². The van der Waals surface area contributed by atoms with Crippen LogP contribution >= 0.6 is 11.3 Å². The van der Waals surface area contributed by atoms with Crippen molar-refractivity contribution in [2.24, 2.45) is 5.73 Å². The van der Waals surface area contributed by atoms with Gasteiger partial charge in [0.1, 0.15) is 15.8 Å². The average molecular weight is 237 g/mol. The molecule has 0 fully saturated rings. The molecule has 3 nitrogen and oxygen atoms in total. The van der Waals surface area contributed by atoms with Crippen molar-refractivity contribution in [2.75, 3.05) is 0 Å².